The Labute approximate surface area is 114 Å². The molecule has 1 aliphatic carbocycles. The fourth-order valence-corrected chi connectivity index (χ4v) is 3.06. The van der Waals surface area contributed by atoms with E-state index in [1.165, 1.54) is 12.8 Å². The van der Waals surface area contributed by atoms with Crippen LogP contribution in [-0.4, -0.2) is 11.0 Å². The van der Waals surface area contributed by atoms with E-state index in [2.05, 4.69) is 19.2 Å². The van der Waals surface area contributed by atoms with Gasteiger partial charge >= 0.3 is 0 Å². The molecule has 0 aliphatic heterocycles. The molecule has 0 heterocycles. The van der Waals surface area contributed by atoms with Crippen molar-refractivity contribution in [3.8, 4) is 0 Å². The Hall–Kier alpha value is -1.58. The first-order valence-corrected chi connectivity index (χ1v) is 6.99. The van der Waals surface area contributed by atoms with Gasteiger partial charge in [0.05, 0.1) is 4.92 Å². The lowest BCUT2D eigenvalue weighted by Crippen LogP contribution is -2.33. The molecule has 0 spiro atoms. The summed E-state index contributed by atoms with van der Waals surface area (Å²) in [5.41, 5.74) is 1.82. The highest BCUT2D eigenvalue weighted by Gasteiger charge is 2.27. The number of para-hydroxylation sites is 1. The molecule has 3 atom stereocenters. The summed E-state index contributed by atoms with van der Waals surface area (Å²) in [7, 11) is 0. The molecular weight excluding hydrogens is 240 g/mol. The van der Waals surface area contributed by atoms with Gasteiger partial charge in [-0.2, -0.15) is 0 Å². The van der Waals surface area contributed by atoms with E-state index in [1.54, 1.807) is 12.1 Å². The predicted molar refractivity (Wildman–Crippen MR) is 77.4 cm³/mol. The minimum atomic E-state index is -0.300. The molecule has 3 unspecified atom stereocenters. The van der Waals surface area contributed by atoms with E-state index in [4.69, 9.17) is 0 Å². The van der Waals surface area contributed by atoms with Crippen molar-refractivity contribution in [1.29, 1.82) is 0 Å². The number of hydrogen-bond acceptors (Lipinski definition) is 3. The van der Waals surface area contributed by atoms with Gasteiger partial charge < -0.3 is 5.32 Å². The van der Waals surface area contributed by atoms with Gasteiger partial charge in [-0.05, 0) is 43.6 Å². The number of aryl methyl sites for hydroxylation is 1. The summed E-state index contributed by atoms with van der Waals surface area (Å²) < 4.78 is 0. The van der Waals surface area contributed by atoms with Gasteiger partial charge in [0.1, 0.15) is 5.69 Å². The molecular formula is C15H22N2O2. The highest BCUT2D eigenvalue weighted by atomic mass is 16.6. The van der Waals surface area contributed by atoms with E-state index >= 15 is 0 Å². The van der Waals surface area contributed by atoms with Gasteiger partial charge in [-0.1, -0.05) is 26.0 Å². The molecule has 1 saturated carbocycles. The first-order chi connectivity index (χ1) is 8.99. The summed E-state index contributed by atoms with van der Waals surface area (Å²) in [6, 6.07) is 5.58. The second-order valence-corrected chi connectivity index (χ2v) is 5.87. The summed E-state index contributed by atoms with van der Waals surface area (Å²) in [5.74, 6) is 1.32. The maximum atomic E-state index is 11.1. The minimum Gasteiger partial charge on any atom is -0.376 e. The Kier molecular flexibility index (Phi) is 4.08. The van der Waals surface area contributed by atoms with Gasteiger partial charge in [-0.3, -0.25) is 10.1 Å². The molecule has 0 bridgehead atoms. The van der Waals surface area contributed by atoms with Crippen LogP contribution in [0.2, 0.25) is 0 Å². The van der Waals surface area contributed by atoms with Crippen molar-refractivity contribution in [2.24, 2.45) is 11.8 Å². The topological polar surface area (TPSA) is 55.2 Å². The van der Waals surface area contributed by atoms with Crippen LogP contribution in [0.5, 0.6) is 0 Å². The lowest BCUT2D eigenvalue weighted by atomic mass is 9.79. The number of hydrogen-bond donors (Lipinski definition) is 1. The van der Waals surface area contributed by atoms with Gasteiger partial charge in [0.15, 0.2) is 0 Å². The third kappa shape index (κ3) is 3.06. The van der Waals surface area contributed by atoms with E-state index in [0.717, 1.165) is 17.9 Å². The standard InChI is InChI=1S/C15H22N2O2/c1-10-7-8-13(12(3)9-10)16-15-11(2)5-4-6-14(15)17(18)19/h4-6,10,12-13,16H,7-9H2,1-3H3. The highest BCUT2D eigenvalue weighted by molar-refractivity contribution is 5.66. The average Bonchev–Trinajstić information content (AvgIpc) is 2.34. The molecule has 4 nitrogen and oxygen atoms in total. The van der Waals surface area contributed by atoms with Crippen molar-refractivity contribution in [2.45, 2.75) is 46.1 Å². The van der Waals surface area contributed by atoms with Gasteiger partial charge in [0, 0.05) is 12.1 Å². The van der Waals surface area contributed by atoms with Gasteiger partial charge in [0.2, 0.25) is 0 Å². The molecule has 0 saturated heterocycles. The molecule has 19 heavy (non-hydrogen) atoms. The second kappa shape index (κ2) is 5.59. The summed E-state index contributed by atoms with van der Waals surface area (Å²) in [5, 5.41) is 14.5. The van der Waals surface area contributed by atoms with Crippen LogP contribution in [0.3, 0.4) is 0 Å². The largest absolute Gasteiger partial charge is 0.376 e. The number of anilines is 1. The predicted octanol–water partition coefficient (Wildman–Crippen LogP) is 4.14. The Morgan fingerprint density at radius 2 is 2.05 bits per heavy atom. The number of nitrogens with one attached hydrogen (secondary N) is 1. The maximum Gasteiger partial charge on any atom is 0.292 e. The monoisotopic (exact) mass is 262 g/mol. The van der Waals surface area contributed by atoms with Crippen LogP contribution < -0.4 is 5.32 Å². The van der Waals surface area contributed by atoms with Crippen LogP contribution in [0.25, 0.3) is 0 Å². The van der Waals surface area contributed by atoms with Crippen LogP contribution in [0.1, 0.15) is 38.7 Å². The molecule has 0 radical (unpaired) electrons. The number of rotatable bonds is 3. The first kappa shape index (κ1) is 13.8. The smallest absolute Gasteiger partial charge is 0.292 e. The van der Waals surface area contributed by atoms with E-state index in [0.29, 0.717) is 17.6 Å². The molecule has 2 rings (SSSR count). The fraction of sp³-hybridized carbons (Fsp3) is 0.600. The normalized spacial score (nSPS) is 27.0. The van der Waals surface area contributed by atoms with Crippen LogP contribution in [0.15, 0.2) is 18.2 Å². The third-order valence-corrected chi connectivity index (χ3v) is 4.21. The first-order valence-electron chi connectivity index (χ1n) is 6.99. The van der Waals surface area contributed by atoms with Crippen LogP contribution >= 0.6 is 0 Å². The lowest BCUT2D eigenvalue weighted by molar-refractivity contribution is -0.384. The van der Waals surface area contributed by atoms with Crippen LogP contribution in [-0.2, 0) is 0 Å². The Morgan fingerprint density at radius 1 is 1.32 bits per heavy atom. The van der Waals surface area contributed by atoms with Crippen molar-refractivity contribution in [3.63, 3.8) is 0 Å². The van der Waals surface area contributed by atoms with E-state index in [1.807, 2.05) is 13.0 Å². The Bertz CT molecular complexity index is 473. The Balaban J connectivity index is 2.21. The van der Waals surface area contributed by atoms with Crippen molar-refractivity contribution in [1.82, 2.24) is 0 Å². The number of nitro benzene ring substituents is 1. The summed E-state index contributed by atoms with van der Waals surface area (Å²) in [6.45, 7) is 6.44. The molecule has 0 aromatic heterocycles. The van der Waals surface area contributed by atoms with Crippen molar-refractivity contribution < 1.29 is 4.92 Å². The zero-order valence-electron chi connectivity index (χ0n) is 11.8. The maximum absolute atomic E-state index is 11.1. The number of nitro groups is 1. The van der Waals surface area contributed by atoms with Gasteiger partial charge in [0.25, 0.3) is 5.69 Å². The van der Waals surface area contributed by atoms with E-state index < -0.39 is 0 Å². The van der Waals surface area contributed by atoms with Crippen molar-refractivity contribution >= 4 is 11.4 Å². The van der Waals surface area contributed by atoms with Crippen LogP contribution in [0.4, 0.5) is 11.4 Å². The van der Waals surface area contributed by atoms with E-state index in [9.17, 15) is 10.1 Å². The fourth-order valence-electron chi connectivity index (χ4n) is 3.06. The zero-order chi connectivity index (χ0) is 14.0. The van der Waals surface area contributed by atoms with Gasteiger partial charge in [-0.25, -0.2) is 0 Å². The number of benzene rings is 1. The second-order valence-electron chi connectivity index (χ2n) is 5.87. The molecule has 1 aliphatic rings. The molecule has 104 valence electrons. The third-order valence-electron chi connectivity index (χ3n) is 4.21. The van der Waals surface area contributed by atoms with E-state index in [-0.39, 0.29) is 10.6 Å². The zero-order valence-corrected chi connectivity index (χ0v) is 11.8. The summed E-state index contributed by atoms with van der Waals surface area (Å²) in [6.07, 6.45) is 3.48. The SMILES string of the molecule is Cc1cccc([N+](=O)[O-])c1NC1CCC(C)CC1C. The van der Waals surface area contributed by atoms with Crippen molar-refractivity contribution in [3.05, 3.63) is 33.9 Å². The van der Waals surface area contributed by atoms with Crippen molar-refractivity contribution in [2.75, 3.05) is 5.32 Å². The molecule has 1 fully saturated rings. The van der Waals surface area contributed by atoms with Crippen LogP contribution in [0, 0.1) is 28.9 Å². The average molecular weight is 262 g/mol. The lowest BCUT2D eigenvalue weighted by Gasteiger charge is -2.34. The summed E-state index contributed by atoms with van der Waals surface area (Å²) in [4.78, 5) is 10.8. The minimum absolute atomic E-state index is 0.186. The summed E-state index contributed by atoms with van der Waals surface area (Å²) >= 11 is 0. The number of nitrogens with zero attached hydrogens (tertiary/aromatic N) is 1. The quantitative estimate of drug-likeness (QED) is 0.658. The van der Waals surface area contributed by atoms with Gasteiger partial charge in [-0.15, -0.1) is 0 Å². The molecule has 0 amide bonds. The Morgan fingerprint density at radius 3 is 2.68 bits per heavy atom. The molecule has 1 aromatic rings. The molecule has 1 aromatic carbocycles. The molecule has 4 heteroatoms. The highest BCUT2D eigenvalue weighted by Crippen LogP contribution is 2.34. The molecule has 1 N–H and O–H groups in total.